The van der Waals surface area contributed by atoms with Crippen molar-refractivity contribution in [3.63, 3.8) is 0 Å². The number of nitriles is 1. The molecule has 1 aromatic heterocycles. The molecular formula is C18H14FNO2. The van der Waals surface area contributed by atoms with E-state index in [1.54, 1.807) is 6.07 Å². The van der Waals surface area contributed by atoms with E-state index in [0.717, 1.165) is 12.2 Å². The fourth-order valence-electron chi connectivity index (χ4n) is 2.41. The Morgan fingerprint density at radius 1 is 1.32 bits per heavy atom. The molecule has 3 rings (SSSR count). The number of hydrogen-bond donors (Lipinski definition) is 0. The first-order valence-corrected chi connectivity index (χ1v) is 7.10. The molecule has 0 unspecified atom stereocenters. The van der Waals surface area contributed by atoms with E-state index < -0.39 is 11.6 Å². The summed E-state index contributed by atoms with van der Waals surface area (Å²) in [5.74, 6) is 1.58. The van der Waals surface area contributed by atoms with Crippen LogP contribution in [0.15, 0.2) is 46.4 Å². The largest absolute Gasteiger partial charge is 0.461 e. The Labute approximate surface area is 127 Å². The number of carbonyl (C=O) groups is 1. The lowest BCUT2D eigenvalue weighted by atomic mass is 10.0. The van der Waals surface area contributed by atoms with Gasteiger partial charge in [0.05, 0.1) is 0 Å². The number of nitrogens with zero attached hydrogens (tertiary/aromatic N) is 1. The lowest BCUT2D eigenvalue weighted by Gasteiger charge is -1.99. The molecule has 110 valence electrons. The summed E-state index contributed by atoms with van der Waals surface area (Å²) < 4.78 is 18.6. The minimum Gasteiger partial charge on any atom is -0.461 e. The van der Waals surface area contributed by atoms with E-state index in [4.69, 9.17) is 4.42 Å². The third-order valence-corrected chi connectivity index (χ3v) is 3.88. The van der Waals surface area contributed by atoms with Crippen LogP contribution in [-0.4, -0.2) is 5.78 Å². The molecule has 1 aliphatic carbocycles. The van der Waals surface area contributed by atoms with Gasteiger partial charge in [-0.3, -0.25) is 4.79 Å². The van der Waals surface area contributed by atoms with Gasteiger partial charge in [-0.25, -0.2) is 4.39 Å². The Balaban J connectivity index is 1.84. The maximum atomic E-state index is 12.9. The highest BCUT2D eigenvalue weighted by Gasteiger charge is 2.36. The molecule has 0 radical (unpaired) electrons. The number of rotatable bonds is 4. The molecule has 1 aromatic carbocycles. The minimum atomic E-state index is -0.444. The van der Waals surface area contributed by atoms with Crippen LogP contribution in [0.5, 0.6) is 0 Å². The van der Waals surface area contributed by atoms with Crippen molar-refractivity contribution in [2.24, 2.45) is 5.92 Å². The predicted octanol–water partition coefficient (Wildman–Crippen LogP) is 4.33. The zero-order chi connectivity index (χ0) is 15.7. The number of hydrogen-bond acceptors (Lipinski definition) is 3. The van der Waals surface area contributed by atoms with Gasteiger partial charge in [0.2, 0.25) is 5.78 Å². The molecule has 2 aromatic rings. The van der Waals surface area contributed by atoms with Gasteiger partial charge in [0, 0.05) is 17.6 Å². The second-order valence-corrected chi connectivity index (χ2v) is 5.57. The maximum absolute atomic E-state index is 12.9. The van der Waals surface area contributed by atoms with Crippen LogP contribution >= 0.6 is 0 Å². The zero-order valence-electron chi connectivity index (χ0n) is 12.0. The van der Waals surface area contributed by atoms with E-state index in [9.17, 15) is 14.4 Å². The fourth-order valence-corrected chi connectivity index (χ4v) is 2.41. The van der Waals surface area contributed by atoms with Crippen molar-refractivity contribution in [3.05, 3.63) is 64.9 Å². The number of furan rings is 1. The number of benzene rings is 1. The van der Waals surface area contributed by atoms with Crippen LogP contribution in [-0.2, 0) is 0 Å². The molecular weight excluding hydrogens is 281 g/mol. The van der Waals surface area contributed by atoms with E-state index in [1.807, 2.05) is 12.1 Å². The SMILES string of the molecule is C[C@H]1C[C@@H]1c1ccc(/C=C(\C#N)C(=O)c2ccc(F)cc2)o1. The summed E-state index contributed by atoms with van der Waals surface area (Å²) in [7, 11) is 0. The van der Waals surface area contributed by atoms with Crippen molar-refractivity contribution in [2.45, 2.75) is 19.3 Å². The summed E-state index contributed by atoms with van der Waals surface area (Å²) in [5, 5.41) is 9.19. The Kier molecular flexibility index (Phi) is 3.64. The monoisotopic (exact) mass is 295 g/mol. The average Bonchev–Trinajstić information content (AvgIpc) is 3.07. The molecule has 22 heavy (non-hydrogen) atoms. The number of ketones is 1. The number of Topliss-reactive ketones (excluding diaryl/α,β-unsaturated/α-hetero) is 1. The van der Waals surface area contributed by atoms with Gasteiger partial charge >= 0.3 is 0 Å². The van der Waals surface area contributed by atoms with E-state index in [-0.39, 0.29) is 11.1 Å². The molecule has 4 heteroatoms. The average molecular weight is 295 g/mol. The van der Waals surface area contributed by atoms with Gasteiger partial charge in [0.15, 0.2) is 0 Å². The molecule has 1 fully saturated rings. The van der Waals surface area contributed by atoms with Gasteiger partial charge in [-0.15, -0.1) is 0 Å². The summed E-state index contributed by atoms with van der Waals surface area (Å²) in [6.07, 6.45) is 2.54. The van der Waals surface area contributed by atoms with E-state index in [1.165, 1.54) is 30.3 Å². The Hall–Kier alpha value is -2.67. The lowest BCUT2D eigenvalue weighted by molar-refractivity contribution is 0.104. The first-order valence-electron chi connectivity index (χ1n) is 7.10. The first kappa shape index (κ1) is 14.3. The molecule has 1 aliphatic rings. The van der Waals surface area contributed by atoms with Crippen molar-refractivity contribution < 1.29 is 13.6 Å². The van der Waals surface area contributed by atoms with E-state index in [0.29, 0.717) is 17.6 Å². The van der Waals surface area contributed by atoms with Crippen molar-refractivity contribution >= 4 is 11.9 Å². The van der Waals surface area contributed by atoms with Gasteiger partial charge < -0.3 is 4.42 Å². The topological polar surface area (TPSA) is 54.0 Å². The quantitative estimate of drug-likeness (QED) is 0.479. The van der Waals surface area contributed by atoms with Gasteiger partial charge in [0.1, 0.15) is 29.0 Å². The molecule has 1 heterocycles. The van der Waals surface area contributed by atoms with Gasteiger partial charge in [0.25, 0.3) is 0 Å². The molecule has 0 bridgehead atoms. The van der Waals surface area contributed by atoms with Crippen LogP contribution in [0.25, 0.3) is 6.08 Å². The van der Waals surface area contributed by atoms with E-state index in [2.05, 4.69) is 6.92 Å². The highest BCUT2D eigenvalue weighted by molar-refractivity contribution is 6.13. The third kappa shape index (κ3) is 2.84. The highest BCUT2D eigenvalue weighted by atomic mass is 19.1. The van der Waals surface area contributed by atoms with Gasteiger partial charge in [-0.05, 0) is 48.7 Å². The van der Waals surface area contributed by atoms with Crippen molar-refractivity contribution in [1.29, 1.82) is 5.26 Å². The predicted molar refractivity (Wildman–Crippen MR) is 79.6 cm³/mol. The Morgan fingerprint density at radius 3 is 2.59 bits per heavy atom. The molecule has 0 saturated heterocycles. The molecule has 0 spiro atoms. The molecule has 1 saturated carbocycles. The molecule has 3 nitrogen and oxygen atoms in total. The molecule has 0 amide bonds. The second kappa shape index (κ2) is 5.61. The number of allylic oxidation sites excluding steroid dienone is 1. The van der Waals surface area contributed by atoms with Crippen molar-refractivity contribution in [1.82, 2.24) is 0 Å². The second-order valence-electron chi connectivity index (χ2n) is 5.57. The summed E-state index contributed by atoms with van der Waals surface area (Å²) in [4.78, 5) is 12.2. The number of halogens is 1. The number of carbonyl (C=O) groups excluding carboxylic acids is 1. The summed E-state index contributed by atoms with van der Waals surface area (Å²) in [6, 6.07) is 10.6. The maximum Gasteiger partial charge on any atom is 0.203 e. The molecule has 2 atom stereocenters. The Morgan fingerprint density at radius 2 is 2.00 bits per heavy atom. The van der Waals surface area contributed by atoms with Crippen LogP contribution in [0.1, 0.15) is 41.1 Å². The minimum absolute atomic E-state index is 0.0312. The summed E-state index contributed by atoms with van der Waals surface area (Å²) >= 11 is 0. The van der Waals surface area contributed by atoms with Gasteiger partial charge in [-0.1, -0.05) is 6.92 Å². The van der Waals surface area contributed by atoms with Crippen LogP contribution < -0.4 is 0 Å². The lowest BCUT2D eigenvalue weighted by Crippen LogP contribution is -2.01. The molecule has 0 N–H and O–H groups in total. The molecule has 0 aliphatic heterocycles. The third-order valence-electron chi connectivity index (χ3n) is 3.88. The van der Waals surface area contributed by atoms with Crippen LogP contribution in [0.3, 0.4) is 0 Å². The van der Waals surface area contributed by atoms with Gasteiger partial charge in [-0.2, -0.15) is 5.26 Å². The highest BCUT2D eigenvalue weighted by Crippen LogP contribution is 2.47. The zero-order valence-corrected chi connectivity index (χ0v) is 12.0. The van der Waals surface area contributed by atoms with Crippen LogP contribution in [0, 0.1) is 23.1 Å². The standard InChI is InChI=1S/C18H14FNO2/c1-11-8-16(11)17-7-6-15(22-17)9-13(10-20)18(21)12-2-4-14(19)5-3-12/h2-7,9,11,16H,8H2,1H3/b13-9+/t11-,16-/m0/s1. The smallest absolute Gasteiger partial charge is 0.203 e. The fraction of sp³-hybridized carbons (Fsp3) is 0.222. The summed E-state index contributed by atoms with van der Waals surface area (Å²) in [6.45, 7) is 2.15. The van der Waals surface area contributed by atoms with Crippen molar-refractivity contribution in [2.75, 3.05) is 0 Å². The van der Waals surface area contributed by atoms with Crippen molar-refractivity contribution in [3.8, 4) is 6.07 Å². The first-order chi connectivity index (χ1) is 10.6. The Bertz CT molecular complexity index is 780. The summed E-state index contributed by atoms with van der Waals surface area (Å²) in [5.41, 5.74) is 0.244. The van der Waals surface area contributed by atoms with Crippen LogP contribution in [0.4, 0.5) is 4.39 Å². The normalized spacial score (nSPS) is 20.5. The van der Waals surface area contributed by atoms with E-state index >= 15 is 0 Å². The van der Waals surface area contributed by atoms with Crippen LogP contribution in [0.2, 0.25) is 0 Å².